The van der Waals surface area contributed by atoms with Gasteiger partial charge in [-0.1, -0.05) is 54.6 Å². The van der Waals surface area contributed by atoms with Crippen molar-refractivity contribution >= 4 is 49.3 Å². The highest BCUT2D eigenvalue weighted by Gasteiger charge is 2.34. The molecule has 48 heavy (non-hydrogen) atoms. The van der Waals surface area contributed by atoms with E-state index in [0.717, 1.165) is 33.7 Å². The Morgan fingerprint density at radius 2 is 1.10 bits per heavy atom. The van der Waals surface area contributed by atoms with Gasteiger partial charge in [-0.15, -0.1) is 0 Å². The van der Waals surface area contributed by atoms with E-state index in [4.69, 9.17) is 6.57 Å². The first-order chi connectivity index (χ1) is 23.3. The molecular weight excluding hydrogens is 607 g/mol. The van der Waals surface area contributed by atoms with Crippen LogP contribution in [0.25, 0.3) is 71.0 Å². The van der Waals surface area contributed by atoms with Crippen molar-refractivity contribution in [1.82, 2.24) is 9.13 Å². The number of benzene rings is 6. The first kappa shape index (κ1) is 28.6. The number of nitriles is 2. The summed E-state index contributed by atoms with van der Waals surface area (Å²) in [7, 11) is 0. The maximum absolute atomic E-state index is 15.0. The van der Waals surface area contributed by atoms with Crippen molar-refractivity contribution in [3.8, 4) is 34.6 Å². The lowest BCUT2D eigenvalue weighted by Crippen LogP contribution is -2.11. The molecule has 0 saturated carbocycles. The molecule has 8 aromatic rings. The Hall–Kier alpha value is -6.82. The van der Waals surface area contributed by atoms with Crippen LogP contribution < -0.4 is 0 Å². The molecule has 6 aromatic carbocycles. The summed E-state index contributed by atoms with van der Waals surface area (Å²) in [5.74, 6) is 0. The van der Waals surface area contributed by atoms with Gasteiger partial charge in [0.2, 0.25) is 0 Å². The Kier molecular flexibility index (Phi) is 6.34. The average molecular weight is 628 g/mol. The fourth-order valence-corrected chi connectivity index (χ4v) is 6.76. The zero-order valence-corrected chi connectivity index (χ0v) is 24.9. The zero-order valence-electron chi connectivity index (χ0n) is 24.9. The van der Waals surface area contributed by atoms with Crippen LogP contribution in [0.2, 0.25) is 0 Å². The molecule has 0 amide bonds. The summed E-state index contributed by atoms with van der Waals surface area (Å²) in [6.07, 6.45) is -4.71. The molecule has 2 heterocycles. The molecule has 226 valence electrons. The highest BCUT2D eigenvalue weighted by atomic mass is 19.4. The van der Waals surface area contributed by atoms with E-state index in [1.807, 2.05) is 57.7 Å². The molecule has 0 fully saturated rings. The minimum Gasteiger partial charge on any atom is -0.309 e. The van der Waals surface area contributed by atoms with Gasteiger partial charge in [0.05, 0.1) is 68.8 Å². The minimum absolute atomic E-state index is 0.259. The highest BCUT2D eigenvalue weighted by Crippen LogP contribution is 2.45. The van der Waals surface area contributed by atoms with Crippen LogP contribution in [0.15, 0.2) is 121 Å². The smallest absolute Gasteiger partial charge is 0.309 e. The zero-order chi connectivity index (χ0) is 33.2. The lowest BCUT2D eigenvalue weighted by atomic mass is 9.96. The quantitative estimate of drug-likeness (QED) is 0.183. The monoisotopic (exact) mass is 627 g/mol. The van der Waals surface area contributed by atoms with Crippen LogP contribution in [-0.4, -0.2) is 9.13 Å². The van der Waals surface area contributed by atoms with Crippen LogP contribution in [0.1, 0.15) is 16.7 Å². The largest absolute Gasteiger partial charge is 0.416 e. The van der Waals surface area contributed by atoms with Gasteiger partial charge in [-0.3, -0.25) is 0 Å². The number of hydrogen-bond acceptors (Lipinski definition) is 2. The molecule has 0 aliphatic carbocycles. The van der Waals surface area contributed by atoms with Gasteiger partial charge >= 0.3 is 6.18 Å². The molecule has 0 bridgehead atoms. The summed E-state index contributed by atoms with van der Waals surface area (Å²) in [6, 6.07) is 38.7. The van der Waals surface area contributed by atoms with Gasteiger partial charge < -0.3 is 9.13 Å². The maximum Gasteiger partial charge on any atom is 0.416 e. The first-order valence-electron chi connectivity index (χ1n) is 14.9. The molecule has 2 aromatic heterocycles. The van der Waals surface area contributed by atoms with E-state index >= 15 is 13.2 Å². The second-order valence-electron chi connectivity index (χ2n) is 11.4. The molecule has 0 saturated heterocycles. The van der Waals surface area contributed by atoms with Crippen LogP contribution in [0.5, 0.6) is 0 Å². The fraction of sp³-hybridized carbons (Fsp3) is 0.0250. The minimum atomic E-state index is -4.71. The Morgan fingerprint density at radius 3 is 1.69 bits per heavy atom. The number of hydrogen-bond donors (Lipinski definition) is 0. The van der Waals surface area contributed by atoms with Crippen molar-refractivity contribution in [3.05, 3.63) is 149 Å². The standard InChI is InChI=1S/C40H20F3N5/c1-46-28-14-16-36-32(21-28)30-10-3-5-12-34(30)48(36)38-20-27(40(41,42)43)19-37(39(38)26-8-6-7-24(17-26)22-44)47-33-11-4-2-9-29(33)31-18-25(23-45)13-15-35(31)47/h2-21H. The lowest BCUT2D eigenvalue weighted by molar-refractivity contribution is -0.137. The van der Waals surface area contributed by atoms with Crippen molar-refractivity contribution in [3.63, 3.8) is 0 Å². The van der Waals surface area contributed by atoms with Crippen LogP contribution >= 0.6 is 0 Å². The first-order valence-corrected chi connectivity index (χ1v) is 14.9. The van der Waals surface area contributed by atoms with E-state index in [1.54, 1.807) is 60.7 Å². The van der Waals surface area contributed by atoms with Gasteiger partial charge in [0.1, 0.15) is 0 Å². The van der Waals surface area contributed by atoms with E-state index in [-0.39, 0.29) is 11.4 Å². The van der Waals surface area contributed by atoms with Gasteiger partial charge in [-0.25, -0.2) is 4.85 Å². The molecule has 0 aliphatic heterocycles. The van der Waals surface area contributed by atoms with Crippen LogP contribution in [-0.2, 0) is 6.18 Å². The predicted octanol–water partition coefficient (Wildman–Crippen LogP) is 10.9. The Morgan fingerprint density at radius 1 is 0.562 bits per heavy atom. The fourth-order valence-electron chi connectivity index (χ4n) is 6.76. The van der Waals surface area contributed by atoms with Crippen molar-refractivity contribution < 1.29 is 13.2 Å². The summed E-state index contributed by atoms with van der Waals surface area (Å²) in [5.41, 5.74) is 4.48. The van der Waals surface area contributed by atoms with Gasteiger partial charge in [0.25, 0.3) is 0 Å². The van der Waals surface area contributed by atoms with Gasteiger partial charge in [0, 0.05) is 21.7 Å². The average Bonchev–Trinajstić information content (AvgIpc) is 3.62. The number of rotatable bonds is 3. The van der Waals surface area contributed by atoms with E-state index in [9.17, 15) is 10.5 Å². The van der Waals surface area contributed by atoms with E-state index in [1.165, 1.54) is 0 Å². The van der Waals surface area contributed by atoms with Gasteiger partial charge in [-0.05, 0) is 77.7 Å². The second-order valence-corrected chi connectivity index (χ2v) is 11.4. The lowest BCUT2D eigenvalue weighted by Gasteiger charge is -2.22. The Labute approximate surface area is 272 Å². The molecule has 8 rings (SSSR count). The molecule has 0 atom stereocenters. The van der Waals surface area contributed by atoms with Crippen LogP contribution in [0, 0.1) is 29.2 Å². The molecule has 0 N–H and O–H groups in total. The molecule has 0 spiro atoms. The molecule has 5 nitrogen and oxygen atoms in total. The van der Waals surface area contributed by atoms with Crippen molar-refractivity contribution in [2.24, 2.45) is 0 Å². The third-order valence-corrected chi connectivity index (χ3v) is 8.77. The third-order valence-electron chi connectivity index (χ3n) is 8.77. The maximum atomic E-state index is 15.0. The number of para-hydroxylation sites is 2. The molecule has 0 radical (unpaired) electrons. The summed E-state index contributed by atoms with van der Waals surface area (Å²) in [5, 5.41) is 22.6. The van der Waals surface area contributed by atoms with Crippen molar-refractivity contribution in [2.75, 3.05) is 0 Å². The van der Waals surface area contributed by atoms with Crippen molar-refractivity contribution in [2.45, 2.75) is 6.18 Å². The van der Waals surface area contributed by atoms with E-state index in [2.05, 4.69) is 17.0 Å². The molecular formula is C40H20F3N5. The van der Waals surface area contributed by atoms with E-state index < -0.39 is 11.7 Å². The summed E-state index contributed by atoms with van der Waals surface area (Å²) < 4.78 is 48.6. The third kappa shape index (κ3) is 4.31. The molecule has 0 aliphatic rings. The highest BCUT2D eigenvalue weighted by molar-refractivity contribution is 6.12. The molecule has 0 unspecified atom stereocenters. The number of nitrogens with zero attached hydrogens (tertiary/aromatic N) is 5. The SMILES string of the molecule is [C-]#[N+]c1ccc2c(c1)c1ccccc1n2-c1cc(C(F)(F)F)cc(-n2c3ccccc3c3cc(C#N)ccc32)c1-c1cccc(C#N)c1. The summed E-state index contributed by atoms with van der Waals surface area (Å²) in [4.78, 5) is 3.60. The number of fused-ring (bicyclic) bond motifs is 6. The Balaban J connectivity index is 1.62. The topological polar surface area (TPSA) is 61.8 Å². The normalized spacial score (nSPS) is 11.6. The Bertz CT molecular complexity index is 2610. The van der Waals surface area contributed by atoms with Crippen LogP contribution in [0.3, 0.4) is 0 Å². The summed E-state index contributed by atoms with van der Waals surface area (Å²) in [6.45, 7) is 7.59. The van der Waals surface area contributed by atoms with E-state index in [0.29, 0.717) is 50.0 Å². The number of alkyl halides is 3. The van der Waals surface area contributed by atoms with Gasteiger partial charge in [-0.2, -0.15) is 23.7 Å². The van der Waals surface area contributed by atoms with Gasteiger partial charge in [0.15, 0.2) is 5.69 Å². The summed E-state index contributed by atoms with van der Waals surface area (Å²) >= 11 is 0. The van der Waals surface area contributed by atoms with Crippen LogP contribution in [0.4, 0.5) is 18.9 Å². The second kappa shape index (κ2) is 10.6. The predicted molar refractivity (Wildman–Crippen MR) is 181 cm³/mol. The number of aromatic nitrogens is 2. The van der Waals surface area contributed by atoms with Crippen molar-refractivity contribution in [1.29, 1.82) is 10.5 Å². The molecule has 8 heteroatoms. The number of halogens is 3.